The summed E-state index contributed by atoms with van der Waals surface area (Å²) in [6, 6.07) is 16.3. The van der Waals surface area contributed by atoms with E-state index in [1.165, 1.54) is 0 Å². The molecule has 1 aromatic heterocycles. The van der Waals surface area contributed by atoms with Crippen molar-refractivity contribution in [1.82, 2.24) is 4.68 Å². The molecule has 27 heavy (non-hydrogen) atoms. The molecule has 0 saturated carbocycles. The highest BCUT2D eigenvalue weighted by molar-refractivity contribution is 7.07. The third kappa shape index (κ3) is 3.66. The average molecular weight is 379 g/mol. The summed E-state index contributed by atoms with van der Waals surface area (Å²) in [7, 11) is 0. The van der Waals surface area contributed by atoms with Crippen LogP contribution in [0.25, 0.3) is 11.3 Å². The number of aromatic nitrogens is 1. The summed E-state index contributed by atoms with van der Waals surface area (Å²) < 4.78 is 12.8. The molecule has 6 heteroatoms. The van der Waals surface area contributed by atoms with Crippen molar-refractivity contribution in [3.8, 4) is 22.8 Å². The Balaban J connectivity index is 1.82. The lowest BCUT2D eigenvalue weighted by Gasteiger charge is -2.07. The first kappa shape index (κ1) is 17.5. The standard InChI is InChI=1S/C21H21N3O2S/c1-14(2)22-21-24(18(12-27-21)16-7-5-4-6-8-16)23-15(3)17-9-10-19-20(11-17)26-13-25-19/h4-12,14H,13H2,1-3H3. The Morgan fingerprint density at radius 3 is 2.63 bits per heavy atom. The maximum Gasteiger partial charge on any atom is 0.231 e. The van der Waals surface area contributed by atoms with Gasteiger partial charge in [0.05, 0.1) is 11.4 Å². The zero-order chi connectivity index (χ0) is 18.8. The van der Waals surface area contributed by atoms with E-state index >= 15 is 0 Å². The summed E-state index contributed by atoms with van der Waals surface area (Å²) in [5.74, 6) is 1.53. The lowest BCUT2D eigenvalue weighted by atomic mass is 10.1. The first-order valence-electron chi connectivity index (χ1n) is 8.87. The van der Waals surface area contributed by atoms with E-state index in [1.54, 1.807) is 11.3 Å². The Hall–Kier alpha value is -2.86. The van der Waals surface area contributed by atoms with Crippen LogP contribution in [-0.4, -0.2) is 23.2 Å². The van der Waals surface area contributed by atoms with Crippen LogP contribution in [0.15, 0.2) is 64.0 Å². The van der Waals surface area contributed by atoms with Gasteiger partial charge in [-0.25, -0.2) is 4.68 Å². The van der Waals surface area contributed by atoms with Crippen LogP contribution in [0.5, 0.6) is 11.5 Å². The quantitative estimate of drug-likeness (QED) is 0.626. The zero-order valence-corrected chi connectivity index (χ0v) is 16.4. The minimum absolute atomic E-state index is 0.194. The van der Waals surface area contributed by atoms with Gasteiger partial charge in [-0.2, -0.15) is 5.10 Å². The fourth-order valence-corrected chi connectivity index (χ4v) is 3.81. The van der Waals surface area contributed by atoms with Gasteiger partial charge in [0.2, 0.25) is 11.6 Å². The molecule has 1 aliphatic rings. The van der Waals surface area contributed by atoms with Gasteiger partial charge in [0, 0.05) is 22.5 Å². The lowest BCUT2D eigenvalue weighted by molar-refractivity contribution is 0.174. The predicted molar refractivity (Wildman–Crippen MR) is 109 cm³/mol. The Morgan fingerprint density at radius 1 is 1.07 bits per heavy atom. The smallest absolute Gasteiger partial charge is 0.231 e. The Morgan fingerprint density at radius 2 is 1.85 bits per heavy atom. The SMILES string of the molecule is CC(=Nn1c(-c2ccccc2)csc1=NC(C)C)c1ccc2c(c1)OCO2. The maximum absolute atomic E-state index is 5.49. The topological polar surface area (TPSA) is 48.1 Å². The molecular weight excluding hydrogens is 358 g/mol. The van der Waals surface area contributed by atoms with E-state index in [4.69, 9.17) is 19.6 Å². The fourth-order valence-electron chi connectivity index (χ4n) is 2.84. The average Bonchev–Trinajstić information content (AvgIpc) is 3.28. The number of hydrogen-bond acceptors (Lipinski definition) is 5. The molecular formula is C21H21N3O2S. The summed E-state index contributed by atoms with van der Waals surface area (Å²) in [5, 5.41) is 7.00. The minimum atomic E-state index is 0.194. The van der Waals surface area contributed by atoms with Gasteiger partial charge >= 0.3 is 0 Å². The largest absolute Gasteiger partial charge is 0.454 e. The second-order valence-electron chi connectivity index (χ2n) is 6.56. The van der Waals surface area contributed by atoms with Gasteiger partial charge in [-0.3, -0.25) is 4.99 Å². The molecule has 5 nitrogen and oxygen atoms in total. The van der Waals surface area contributed by atoms with Crippen LogP contribution < -0.4 is 14.3 Å². The molecule has 2 heterocycles. The molecule has 0 radical (unpaired) electrons. The van der Waals surface area contributed by atoms with Crippen molar-refractivity contribution < 1.29 is 9.47 Å². The van der Waals surface area contributed by atoms with Crippen molar-refractivity contribution in [3.63, 3.8) is 0 Å². The van der Waals surface area contributed by atoms with Gasteiger partial charge in [-0.05, 0) is 39.0 Å². The van der Waals surface area contributed by atoms with Gasteiger partial charge in [-0.1, -0.05) is 30.3 Å². The van der Waals surface area contributed by atoms with E-state index < -0.39 is 0 Å². The first-order chi connectivity index (χ1) is 13.1. The van der Waals surface area contributed by atoms with Gasteiger partial charge in [-0.15, -0.1) is 11.3 Å². The van der Waals surface area contributed by atoms with Gasteiger partial charge < -0.3 is 9.47 Å². The van der Waals surface area contributed by atoms with Crippen LogP contribution in [0, 0.1) is 0 Å². The molecule has 0 unspecified atom stereocenters. The molecule has 0 spiro atoms. The molecule has 0 N–H and O–H groups in total. The number of benzene rings is 2. The maximum atomic E-state index is 5.49. The van der Waals surface area contributed by atoms with Crippen LogP contribution >= 0.6 is 11.3 Å². The van der Waals surface area contributed by atoms with Crippen molar-refractivity contribution in [1.29, 1.82) is 0 Å². The third-order valence-corrected chi connectivity index (χ3v) is 4.99. The molecule has 138 valence electrons. The minimum Gasteiger partial charge on any atom is -0.454 e. The Kier molecular flexibility index (Phi) is 4.81. The molecule has 4 rings (SSSR count). The molecule has 1 aliphatic heterocycles. The fraction of sp³-hybridized carbons (Fsp3) is 0.238. The van der Waals surface area contributed by atoms with E-state index in [-0.39, 0.29) is 12.8 Å². The van der Waals surface area contributed by atoms with E-state index in [0.29, 0.717) is 0 Å². The molecule has 0 saturated heterocycles. The van der Waals surface area contributed by atoms with Crippen LogP contribution in [0.2, 0.25) is 0 Å². The van der Waals surface area contributed by atoms with Gasteiger partial charge in [0.25, 0.3) is 0 Å². The van der Waals surface area contributed by atoms with Crippen LogP contribution in [0.3, 0.4) is 0 Å². The molecule has 0 atom stereocenters. The lowest BCUT2D eigenvalue weighted by Crippen LogP contribution is -2.16. The van der Waals surface area contributed by atoms with Gasteiger partial charge in [0.1, 0.15) is 0 Å². The van der Waals surface area contributed by atoms with E-state index in [0.717, 1.165) is 38.8 Å². The van der Waals surface area contributed by atoms with Crippen LogP contribution in [-0.2, 0) is 0 Å². The number of nitrogens with zero attached hydrogens (tertiary/aromatic N) is 3. The third-order valence-electron chi connectivity index (χ3n) is 4.16. The number of ether oxygens (including phenoxy) is 2. The Bertz CT molecular complexity index is 1050. The molecule has 0 aliphatic carbocycles. The predicted octanol–water partition coefficient (Wildman–Crippen LogP) is 4.53. The first-order valence-corrected chi connectivity index (χ1v) is 9.75. The van der Waals surface area contributed by atoms with Gasteiger partial charge in [0.15, 0.2) is 11.5 Å². The summed E-state index contributed by atoms with van der Waals surface area (Å²) in [5.41, 5.74) is 4.02. The highest BCUT2D eigenvalue weighted by Crippen LogP contribution is 2.32. The number of hydrogen-bond donors (Lipinski definition) is 0. The molecule has 0 amide bonds. The summed E-state index contributed by atoms with van der Waals surface area (Å²) in [6.45, 7) is 6.40. The number of thiazole rings is 1. The van der Waals surface area contributed by atoms with Crippen molar-refractivity contribution in [3.05, 3.63) is 64.3 Å². The monoisotopic (exact) mass is 379 g/mol. The summed E-state index contributed by atoms with van der Waals surface area (Å²) >= 11 is 1.60. The number of fused-ring (bicyclic) bond motifs is 1. The van der Waals surface area contributed by atoms with Crippen molar-refractivity contribution >= 4 is 17.0 Å². The van der Waals surface area contributed by atoms with Crippen LogP contribution in [0.4, 0.5) is 0 Å². The van der Waals surface area contributed by atoms with E-state index in [9.17, 15) is 0 Å². The number of rotatable bonds is 4. The van der Waals surface area contributed by atoms with E-state index in [1.807, 2.05) is 48.0 Å². The molecule has 3 aromatic rings. The summed E-state index contributed by atoms with van der Waals surface area (Å²) in [6.07, 6.45) is 0. The second kappa shape index (κ2) is 7.40. The molecule has 0 bridgehead atoms. The molecule has 2 aromatic carbocycles. The Labute approximate surface area is 162 Å². The normalized spacial score (nSPS) is 14.2. The van der Waals surface area contributed by atoms with Crippen molar-refractivity contribution in [2.45, 2.75) is 26.8 Å². The van der Waals surface area contributed by atoms with Crippen molar-refractivity contribution in [2.24, 2.45) is 10.1 Å². The highest BCUT2D eigenvalue weighted by Gasteiger charge is 2.15. The highest BCUT2D eigenvalue weighted by atomic mass is 32.1. The van der Waals surface area contributed by atoms with Crippen molar-refractivity contribution in [2.75, 3.05) is 6.79 Å². The second-order valence-corrected chi connectivity index (χ2v) is 7.39. The van der Waals surface area contributed by atoms with Crippen LogP contribution in [0.1, 0.15) is 26.3 Å². The zero-order valence-electron chi connectivity index (χ0n) is 15.5. The van der Waals surface area contributed by atoms with E-state index in [2.05, 4.69) is 31.4 Å². The molecule has 0 fully saturated rings. The summed E-state index contributed by atoms with van der Waals surface area (Å²) in [4.78, 5) is 5.62.